The molecule has 1 aromatic rings. The van der Waals surface area contributed by atoms with Crippen molar-refractivity contribution in [3.05, 3.63) is 17.0 Å². The Balaban J connectivity index is 3.12. The summed E-state index contributed by atoms with van der Waals surface area (Å²) in [6.07, 6.45) is 0. The van der Waals surface area contributed by atoms with Crippen molar-refractivity contribution in [3.63, 3.8) is 0 Å². The van der Waals surface area contributed by atoms with Crippen LogP contribution in [0.25, 0.3) is 0 Å². The molecule has 74 valence electrons. The first kappa shape index (κ1) is 10.3. The van der Waals surface area contributed by atoms with Gasteiger partial charge in [0, 0.05) is 12.2 Å². The quantitative estimate of drug-likeness (QED) is 0.769. The Kier molecular flexibility index (Phi) is 3.09. The smallest absolute Gasteiger partial charge is 0.0631 e. The largest absolute Gasteiger partial charge is 0.330 e. The van der Waals surface area contributed by atoms with Crippen LogP contribution in [0.4, 0.5) is 0 Å². The third-order valence-electron chi connectivity index (χ3n) is 2.58. The van der Waals surface area contributed by atoms with E-state index in [0.29, 0.717) is 12.5 Å². The van der Waals surface area contributed by atoms with E-state index in [1.54, 1.807) is 0 Å². The molecule has 1 atom stereocenters. The van der Waals surface area contributed by atoms with Crippen molar-refractivity contribution >= 4 is 0 Å². The van der Waals surface area contributed by atoms with Gasteiger partial charge in [-0.2, -0.15) is 5.10 Å². The third-order valence-corrected chi connectivity index (χ3v) is 2.58. The molecule has 3 heteroatoms. The maximum atomic E-state index is 5.66. The molecule has 0 bridgehead atoms. The van der Waals surface area contributed by atoms with E-state index in [1.165, 1.54) is 11.3 Å². The predicted octanol–water partition coefficient (Wildman–Crippen LogP) is 1.58. The lowest BCUT2D eigenvalue weighted by Crippen LogP contribution is -2.10. The Labute approximate surface area is 79.9 Å². The Morgan fingerprint density at radius 1 is 1.46 bits per heavy atom. The van der Waals surface area contributed by atoms with Crippen LogP contribution in [0.15, 0.2) is 0 Å². The molecular weight excluding hydrogens is 162 g/mol. The van der Waals surface area contributed by atoms with Crippen molar-refractivity contribution in [2.24, 2.45) is 5.73 Å². The monoisotopic (exact) mass is 181 g/mol. The number of hydrogen-bond acceptors (Lipinski definition) is 2. The number of aromatic nitrogens is 2. The van der Waals surface area contributed by atoms with E-state index >= 15 is 0 Å². The highest BCUT2D eigenvalue weighted by molar-refractivity contribution is 5.28. The van der Waals surface area contributed by atoms with Gasteiger partial charge in [-0.25, -0.2) is 0 Å². The van der Waals surface area contributed by atoms with E-state index in [0.717, 1.165) is 12.2 Å². The summed E-state index contributed by atoms with van der Waals surface area (Å²) >= 11 is 0. The minimum Gasteiger partial charge on any atom is -0.330 e. The summed E-state index contributed by atoms with van der Waals surface area (Å²) < 4.78 is 2.04. The van der Waals surface area contributed by atoms with Crippen LogP contribution in [0.5, 0.6) is 0 Å². The van der Waals surface area contributed by atoms with E-state index in [-0.39, 0.29) is 0 Å². The molecule has 1 heterocycles. The molecule has 13 heavy (non-hydrogen) atoms. The van der Waals surface area contributed by atoms with Gasteiger partial charge in [0.2, 0.25) is 0 Å². The van der Waals surface area contributed by atoms with Crippen molar-refractivity contribution < 1.29 is 0 Å². The molecule has 0 aliphatic carbocycles. The molecule has 0 amide bonds. The highest BCUT2D eigenvalue weighted by Crippen LogP contribution is 2.21. The average Bonchev–Trinajstić information content (AvgIpc) is 2.40. The molecule has 1 unspecified atom stereocenters. The lowest BCUT2D eigenvalue weighted by Gasteiger charge is -2.09. The van der Waals surface area contributed by atoms with E-state index in [9.17, 15) is 0 Å². The highest BCUT2D eigenvalue weighted by atomic mass is 15.3. The van der Waals surface area contributed by atoms with Gasteiger partial charge >= 0.3 is 0 Å². The van der Waals surface area contributed by atoms with Crippen LogP contribution in [0.1, 0.15) is 36.7 Å². The fourth-order valence-electron chi connectivity index (χ4n) is 1.85. The fourth-order valence-corrected chi connectivity index (χ4v) is 1.85. The summed E-state index contributed by atoms with van der Waals surface area (Å²) in [7, 11) is 0. The first-order valence-corrected chi connectivity index (χ1v) is 4.85. The normalized spacial score (nSPS) is 13.3. The van der Waals surface area contributed by atoms with Gasteiger partial charge in [0.15, 0.2) is 0 Å². The number of rotatable bonds is 3. The van der Waals surface area contributed by atoms with Crippen molar-refractivity contribution in [2.75, 3.05) is 6.54 Å². The summed E-state index contributed by atoms with van der Waals surface area (Å²) in [4.78, 5) is 0. The fraction of sp³-hybridized carbons (Fsp3) is 0.700. The summed E-state index contributed by atoms with van der Waals surface area (Å²) in [5, 5.41) is 4.46. The van der Waals surface area contributed by atoms with E-state index in [4.69, 9.17) is 5.73 Å². The molecule has 0 aromatic carbocycles. The Hall–Kier alpha value is -0.830. The van der Waals surface area contributed by atoms with Crippen molar-refractivity contribution in [2.45, 2.75) is 40.2 Å². The van der Waals surface area contributed by atoms with Gasteiger partial charge in [0.05, 0.1) is 5.69 Å². The first-order valence-electron chi connectivity index (χ1n) is 4.85. The molecule has 0 aliphatic heterocycles. The van der Waals surface area contributed by atoms with Crippen LogP contribution in [-0.4, -0.2) is 16.3 Å². The number of nitrogens with two attached hydrogens (primary N) is 1. The second-order valence-electron chi connectivity index (χ2n) is 3.54. The van der Waals surface area contributed by atoms with Crippen molar-refractivity contribution in [1.29, 1.82) is 0 Å². The Morgan fingerprint density at radius 3 is 2.46 bits per heavy atom. The van der Waals surface area contributed by atoms with Gasteiger partial charge < -0.3 is 5.73 Å². The lowest BCUT2D eigenvalue weighted by atomic mass is 9.99. The molecule has 0 spiro atoms. The first-order chi connectivity index (χ1) is 6.11. The second-order valence-corrected chi connectivity index (χ2v) is 3.54. The van der Waals surface area contributed by atoms with Gasteiger partial charge in [-0.1, -0.05) is 6.92 Å². The van der Waals surface area contributed by atoms with Gasteiger partial charge in [0.25, 0.3) is 0 Å². The van der Waals surface area contributed by atoms with Gasteiger partial charge in [0.1, 0.15) is 0 Å². The van der Waals surface area contributed by atoms with Crippen LogP contribution in [0, 0.1) is 13.8 Å². The Bertz CT molecular complexity index is 289. The van der Waals surface area contributed by atoms with Crippen LogP contribution >= 0.6 is 0 Å². The topological polar surface area (TPSA) is 43.8 Å². The van der Waals surface area contributed by atoms with Crippen molar-refractivity contribution in [3.8, 4) is 0 Å². The van der Waals surface area contributed by atoms with Gasteiger partial charge in [-0.15, -0.1) is 0 Å². The Morgan fingerprint density at radius 2 is 2.08 bits per heavy atom. The van der Waals surface area contributed by atoms with Crippen molar-refractivity contribution in [1.82, 2.24) is 9.78 Å². The second kappa shape index (κ2) is 3.92. The highest BCUT2D eigenvalue weighted by Gasteiger charge is 2.15. The summed E-state index contributed by atoms with van der Waals surface area (Å²) in [6, 6.07) is 0. The SMILES string of the molecule is CCn1nc(C)c(C(C)CN)c1C. The molecule has 2 N–H and O–H groups in total. The number of hydrogen-bond donors (Lipinski definition) is 1. The van der Waals surface area contributed by atoms with Crippen LogP contribution < -0.4 is 5.73 Å². The molecule has 0 aliphatic rings. The van der Waals surface area contributed by atoms with E-state index in [2.05, 4.69) is 32.8 Å². The van der Waals surface area contributed by atoms with Crippen LogP contribution in [-0.2, 0) is 6.54 Å². The summed E-state index contributed by atoms with van der Waals surface area (Å²) in [5.74, 6) is 0.417. The molecule has 1 aromatic heterocycles. The van der Waals surface area contributed by atoms with E-state index in [1.807, 2.05) is 4.68 Å². The van der Waals surface area contributed by atoms with Crippen LogP contribution in [0.2, 0.25) is 0 Å². The van der Waals surface area contributed by atoms with Gasteiger partial charge in [-0.3, -0.25) is 4.68 Å². The van der Waals surface area contributed by atoms with E-state index < -0.39 is 0 Å². The molecule has 3 nitrogen and oxygen atoms in total. The van der Waals surface area contributed by atoms with Gasteiger partial charge in [-0.05, 0) is 38.8 Å². The number of nitrogens with zero attached hydrogens (tertiary/aromatic N) is 2. The third kappa shape index (κ3) is 1.75. The maximum Gasteiger partial charge on any atom is 0.0631 e. The lowest BCUT2D eigenvalue weighted by molar-refractivity contribution is 0.631. The molecule has 0 radical (unpaired) electrons. The average molecular weight is 181 g/mol. The minimum absolute atomic E-state index is 0.417. The standard InChI is InChI=1S/C10H19N3/c1-5-13-9(4)10(7(2)6-11)8(3)12-13/h7H,5-6,11H2,1-4H3. The summed E-state index contributed by atoms with van der Waals surface area (Å²) in [6.45, 7) is 10.1. The predicted molar refractivity (Wildman–Crippen MR) is 54.8 cm³/mol. The molecule has 0 fully saturated rings. The maximum absolute atomic E-state index is 5.66. The zero-order chi connectivity index (χ0) is 10.0. The molecule has 0 saturated heterocycles. The number of aryl methyl sites for hydroxylation is 2. The summed E-state index contributed by atoms with van der Waals surface area (Å²) in [5.41, 5.74) is 9.36. The molecule has 1 rings (SSSR count). The minimum atomic E-state index is 0.417. The molecule has 0 saturated carbocycles. The molecular formula is C10H19N3. The zero-order valence-electron chi connectivity index (χ0n) is 8.96. The van der Waals surface area contributed by atoms with Crippen LogP contribution in [0.3, 0.4) is 0 Å². The zero-order valence-corrected chi connectivity index (χ0v) is 8.96.